The van der Waals surface area contributed by atoms with E-state index in [2.05, 4.69) is 0 Å². The average molecular weight is 409 g/mol. The maximum atomic E-state index is 13.1. The van der Waals surface area contributed by atoms with Crippen LogP contribution in [0.3, 0.4) is 0 Å². The molecule has 1 unspecified atom stereocenters. The smallest absolute Gasteiger partial charge is 0.271 e. The van der Waals surface area contributed by atoms with E-state index >= 15 is 0 Å². The Kier molecular flexibility index (Phi) is 6.19. The molecule has 0 aliphatic carbocycles. The Morgan fingerprint density at radius 1 is 1.37 bits per heavy atom. The van der Waals surface area contributed by atoms with Gasteiger partial charge in [-0.3, -0.25) is 14.2 Å². The Labute approximate surface area is 166 Å². The van der Waals surface area contributed by atoms with Gasteiger partial charge in [-0.1, -0.05) is 30.1 Å². The molecule has 0 saturated heterocycles. The van der Waals surface area contributed by atoms with Crippen molar-refractivity contribution in [2.75, 3.05) is 7.11 Å². The molecule has 6 nitrogen and oxygen atoms in total. The summed E-state index contributed by atoms with van der Waals surface area (Å²) in [5, 5.41) is 20.3. The van der Waals surface area contributed by atoms with E-state index < -0.39 is 23.3 Å². The molecule has 8 heteroatoms. The van der Waals surface area contributed by atoms with Crippen molar-refractivity contribution in [3.63, 3.8) is 0 Å². The number of aromatic nitrogens is 1. The number of nitriles is 1. The third-order valence-corrected chi connectivity index (χ3v) is 5.03. The molecule has 0 radical (unpaired) electrons. The van der Waals surface area contributed by atoms with E-state index in [0.717, 1.165) is 4.57 Å². The van der Waals surface area contributed by atoms with E-state index in [0.29, 0.717) is 6.42 Å². The minimum Gasteiger partial charge on any atom is -0.494 e. The number of carbonyl (C=O) groups is 1. The summed E-state index contributed by atoms with van der Waals surface area (Å²) in [4.78, 5) is 25.6. The van der Waals surface area contributed by atoms with Crippen molar-refractivity contribution in [2.45, 2.75) is 33.2 Å². The zero-order valence-corrected chi connectivity index (χ0v) is 16.8. The lowest BCUT2D eigenvalue weighted by Gasteiger charge is -2.20. The summed E-state index contributed by atoms with van der Waals surface area (Å²) in [5.41, 5.74) is -0.759. The van der Waals surface area contributed by atoms with Crippen LogP contribution in [-0.4, -0.2) is 22.6 Å². The van der Waals surface area contributed by atoms with Crippen LogP contribution in [0.1, 0.15) is 53.4 Å². The van der Waals surface area contributed by atoms with Gasteiger partial charge < -0.3 is 9.84 Å². The molecule has 0 amide bonds. The molecule has 142 valence electrons. The van der Waals surface area contributed by atoms with Crippen LogP contribution < -0.4 is 10.3 Å². The first-order valence-electron chi connectivity index (χ1n) is 8.15. The third kappa shape index (κ3) is 3.53. The lowest BCUT2D eigenvalue weighted by atomic mass is 9.96. The molecule has 1 heterocycles. The van der Waals surface area contributed by atoms with E-state index in [4.69, 9.17) is 27.9 Å². The summed E-state index contributed by atoms with van der Waals surface area (Å²) in [6, 6.07) is 4.14. The van der Waals surface area contributed by atoms with Gasteiger partial charge in [-0.05, 0) is 38.0 Å². The second kappa shape index (κ2) is 8.03. The largest absolute Gasteiger partial charge is 0.494 e. The molecule has 0 bridgehead atoms. The zero-order valence-electron chi connectivity index (χ0n) is 15.3. The second-order valence-electron chi connectivity index (χ2n) is 6.05. The Morgan fingerprint density at radius 2 is 1.93 bits per heavy atom. The van der Waals surface area contributed by atoms with E-state index in [1.807, 2.05) is 13.0 Å². The normalized spacial score (nSPS) is 11.7. The summed E-state index contributed by atoms with van der Waals surface area (Å²) in [5.74, 6) is -0.873. The van der Waals surface area contributed by atoms with Gasteiger partial charge in [0.05, 0.1) is 22.7 Å². The monoisotopic (exact) mass is 408 g/mol. The molecule has 2 rings (SSSR count). The van der Waals surface area contributed by atoms with E-state index in [1.54, 1.807) is 6.92 Å². The number of rotatable bonds is 5. The number of nitrogens with zero attached hydrogens (tertiary/aromatic N) is 2. The molecular weight excluding hydrogens is 391 g/mol. The number of halogens is 2. The Hall–Kier alpha value is -2.49. The number of carbonyl (C=O) groups excluding carboxylic acids is 1. The molecule has 0 aliphatic rings. The van der Waals surface area contributed by atoms with Crippen LogP contribution in [0.15, 0.2) is 16.9 Å². The number of ether oxygens (including phenoxy) is 1. The summed E-state index contributed by atoms with van der Waals surface area (Å²) >= 11 is 12.2. The number of hydrogen-bond donors (Lipinski definition) is 1. The number of aromatic hydroxyl groups is 1. The summed E-state index contributed by atoms with van der Waals surface area (Å²) in [7, 11) is 1.39. The molecular formula is C19H18Cl2N2O4. The molecule has 0 aliphatic heterocycles. The molecule has 1 aromatic carbocycles. The lowest BCUT2D eigenvalue weighted by molar-refractivity contribution is 0.103. The Balaban J connectivity index is 2.81. The van der Waals surface area contributed by atoms with Gasteiger partial charge in [0.2, 0.25) is 5.88 Å². The minimum atomic E-state index is -0.635. The second-order valence-corrected chi connectivity index (χ2v) is 6.86. The van der Waals surface area contributed by atoms with Gasteiger partial charge in [0.25, 0.3) is 5.56 Å². The number of benzene rings is 1. The van der Waals surface area contributed by atoms with Crippen LogP contribution in [0.4, 0.5) is 0 Å². The van der Waals surface area contributed by atoms with Crippen LogP contribution in [0.2, 0.25) is 10.0 Å². The standard InChI is InChI=1S/C19H18Cl2N2O4/c1-5-9(2)23-18(25)12(8-22)10(3)15(19(23)26)16(24)11-6-13(20)17(27-4)14(21)7-11/h6-7,9,26H,5H2,1-4H3. The predicted octanol–water partition coefficient (Wildman–Crippen LogP) is 4.25. The molecule has 1 atom stereocenters. The number of ketones is 1. The summed E-state index contributed by atoms with van der Waals surface area (Å²) in [6.07, 6.45) is 0.523. The van der Waals surface area contributed by atoms with Gasteiger partial charge in [-0.2, -0.15) is 5.26 Å². The van der Waals surface area contributed by atoms with Crippen LogP contribution in [0.5, 0.6) is 11.6 Å². The molecule has 1 N–H and O–H groups in total. The van der Waals surface area contributed by atoms with Crippen molar-refractivity contribution in [1.82, 2.24) is 4.57 Å². The fourth-order valence-corrected chi connectivity index (χ4v) is 3.46. The van der Waals surface area contributed by atoms with Crippen LogP contribution >= 0.6 is 23.2 Å². The minimum absolute atomic E-state index is 0.0995. The molecule has 1 aromatic heterocycles. The maximum Gasteiger partial charge on any atom is 0.271 e. The van der Waals surface area contributed by atoms with Gasteiger partial charge in [0.15, 0.2) is 11.5 Å². The van der Waals surface area contributed by atoms with Crippen LogP contribution in [0, 0.1) is 18.3 Å². The van der Waals surface area contributed by atoms with Crippen molar-refractivity contribution in [2.24, 2.45) is 0 Å². The van der Waals surface area contributed by atoms with Crippen molar-refractivity contribution in [1.29, 1.82) is 5.26 Å². The highest BCUT2D eigenvalue weighted by atomic mass is 35.5. The zero-order chi connectivity index (χ0) is 20.5. The SMILES string of the molecule is CCC(C)n1c(O)c(C(=O)c2cc(Cl)c(OC)c(Cl)c2)c(C)c(C#N)c1=O. The molecule has 2 aromatic rings. The maximum absolute atomic E-state index is 13.1. The number of pyridine rings is 1. The highest BCUT2D eigenvalue weighted by molar-refractivity contribution is 6.38. The molecule has 0 fully saturated rings. The molecule has 27 heavy (non-hydrogen) atoms. The third-order valence-electron chi connectivity index (χ3n) is 4.47. The van der Waals surface area contributed by atoms with E-state index in [-0.39, 0.29) is 38.0 Å². The van der Waals surface area contributed by atoms with E-state index in [1.165, 1.54) is 26.2 Å². The van der Waals surface area contributed by atoms with Gasteiger partial charge >= 0.3 is 0 Å². The van der Waals surface area contributed by atoms with Crippen molar-refractivity contribution >= 4 is 29.0 Å². The lowest BCUT2D eigenvalue weighted by Crippen LogP contribution is -2.28. The quantitative estimate of drug-likeness (QED) is 0.746. The van der Waals surface area contributed by atoms with E-state index in [9.17, 15) is 20.0 Å². The van der Waals surface area contributed by atoms with Crippen molar-refractivity contribution < 1.29 is 14.6 Å². The summed E-state index contributed by atoms with van der Waals surface area (Å²) in [6.45, 7) is 4.99. The van der Waals surface area contributed by atoms with Crippen molar-refractivity contribution in [3.8, 4) is 17.7 Å². The highest BCUT2D eigenvalue weighted by Gasteiger charge is 2.27. The predicted molar refractivity (Wildman–Crippen MR) is 103 cm³/mol. The first-order valence-corrected chi connectivity index (χ1v) is 8.90. The highest BCUT2D eigenvalue weighted by Crippen LogP contribution is 2.36. The van der Waals surface area contributed by atoms with Crippen molar-refractivity contribution in [3.05, 3.63) is 54.8 Å². The number of methoxy groups -OCH3 is 1. The fraction of sp³-hybridized carbons (Fsp3) is 0.316. The van der Waals surface area contributed by atoms with Gasteiger partial charge in [0, 0.05) is 11.6 Å². The topological polar surface area (TPSA) is 92.3 Å². The number of hydrogen-bond acceptors (Lipinski definition) is 5. The summed E-state index contributed by atoms with van der Waals surface area (Å²) < 4.78 is 6.13. The van der Waals surface area contributed by atoms with Gasteiger partial charge in [0.1, 0.15) is 11.6 Å². The average Bonchev–Trinajstić information content (AvgIpc) is 2.61. The Morgan fingerprint density at radius 3 is 2.37 bits per heavy atom. The van der Waals surface area contributed by atoms with Gasteiger partial charge in [-0.15, -0.1) is 0 Å². The molecule has 0 saturated carbocycles. The first-order chi connectivity index (χ1) is 12.7. The fourth-order valence-electron chi connectivity index (χ4n) is 2.82. The Bertz CT molecular complexity index is 999. The van der Waals surface area contributed by atoms with Crippen LogP contribution in [0.25, 0.3) is 0 Å². The molecule has 0 spiro atoms. The van der Waals surface area contributed by atoms with Crippen LogP contribution in [-0.2, 0) is 0 Å². The van der Waals surface area contributed by atoms with Gasteiger partial charge in [-0.25, -0.2) is 0 Å². The first kappa shape index (κ1) is 20.8.